The first kappa shape index (κ1) is 14.3. The first-order chi connectivity index (χ1) is 9.15. The van der Waals surface area contributed by atoms with E-state index in [0.29, 0.717) is 0 Å². The van der Waals surface area contributed by atoms with Crippen molar-refractivity contribution < 1.29 is 0 Å². The highest BCUT2D eigenvalue weighted by Gasteiger charge is 2.14. The second-order valence-electron chi connectivity index (χ2n) is 5.02. The molecule has 0 saturated carbocycles. The molecule has 0 amide bonds. The lowest BCUT2D eigenvalue weighted by Crippen LogP contribution is -2.00. The maximum atomic E-state index is 3.88. The fourth-order valence-corrected chi connectivity index (χ4v) is 3.14. The molecular weight excluding hydrogens is 296 g/mol. The first-order valence-corrected chi connectivity index (χ1v) is 7.89. The van der Waals surface area contributed by atoms with Crippen molar-refractivity contribution in [2.45, 2.75) is 38.4 Å². The lowest BCUT2D eigenvalue weighted by atomic mass is 9.95. The summed E-state index contributed by atoms with van der Waals surface area (Å²) >= 11 is 3.88. The van der Waals surface area contributed by atoms with Crippen molar-refractivity contribution in [3.8, 4) is 0 Å². The average molecular weight is 317 g/mol. The first-order valence-electron chi connectivity index (χ1n) is 6.98. The molecule has 0 spiro atoms. The number of halogens is 1. The van der Waals surface area contributed by atoms with Crippen LogP contribution in [0.5, 0.6) is 0 Å². The number of hydrogen-bond donors (Lipinski definition) is 0. The molecule has 100 valence electrons. The minimum Gasteiger partial charge on any atom is -0.0786 e. The van der Waals surface area contributed by atoms with Crippen LogP contribution in [0.2, 0.25) is 0 Å². The van der Waals surface area contributed by atoms with Crippen molar-refractivity contribution in [1.82, 2.24) is 0 Å². The monoisotopic (exact) mass is 316 g/mol. The zero-order valence-electron chi connectivity index (χ0n) is 11.9. The second kappa shape index (κ2) is 6.38. The molecule has 0 aliphatic heterocycles. The maximum absolute atomic E-state index is 3.88. The van der Waals surface area contributed by atoms with Crippen LogP contribution in [0.3, 0.4) is 0 Å². The molecule has 0 N–H and O–H groups in total. The molecule has 0 aromatic heterocycles. The molecule has 19 heavy (non-hydrogen) atoms. The number of hydrogen-bond acceptors (Lipinski definition) is 0. The van der Waals surface area contributed by atoms with Crippen molar-refractivity contribution in [3.63, 3.8) is 0 Å². The van der Waals surface area contributed by atoms with E-state index in [1.54, 1.807) is 0 Å². The van der Waals surface area contributed by atoms with E-state index in [0.717, 1.165) is 12.8 Å². The van der Waals surface area contributed by atoms with E-state index in [2.05, 4.69) is 79.2 Å². The van der Waals surface area contributed by atoms with E-state index in [1.165, 1.54) is 27.8 Å². The number of rotatable bonds is 4. The van der Waals surface area contributed by atoms with Gasteiger partial charge in [-0.3, -0.25) is 0 Å². The van der Waals surface area contributed by atoms with Gasteiger partial charge >= 0.3 is 0 Å². The lowest BCUT2D eigenvalue weighted by Gasteiger charge is -2.17. The van der Waals surface area contributed by atoms with Gasteiger partial charge in [0.1, 0.15) is 0 Å². The SMILES string of the molecule is CCc1ccc(CC)c(C(Br)c2cccc(C)c2)c1. The number of aryl methyl sites for hydroxylation is 3. The number of alkyl halides is 1. The van der Waals surface area contributed by atoms with Crippen LogP contribution >= 0.6 is 15.9 Å². The van der Waals surface area contributed by atoms with Gasteiger partial charge in [0.05, 0.1) is 4.83 Å². The Hall–Kier alpha value is -1.08. The third-order valence-electron chi connectivity index (χ3n) is 3.61. The molecule has 0 saturated heterocycles. The van der Waals surface area contributed by atoms with Gasteiger partial charge in [-0.1, -0.05) is 77.8 Å². The molecule has 0 fully saturated rings. The lowest BCUT2D eigenvalue weighted by molar-refractivity contribution is 1.03. The molecule has 2 aromatic carbocycles. The quantitative estimate of drug-likeness (QED) is 0.644. The zero-order chi connectivity index (χ0) is 13.8. The fraction of sp³-hybridized carbons (Fsp3) is 0.333. The molecule has 0 bridgehead atoms. The Balaban J connectivity index is 2.44. The van der Waals surface area contributed by atoms with Crippen molar-refractivity contribution in [3.05, 3.63) is 70.3 Å². The summed E-state index contributed by atoms with van der Waals surface area (Å²) in [6.45, 7) is 6.58. The Labute approximate surface area is 125 Å². The number of benzene rings is 2. The topological polar surface area (TPSA) is 0 Å². The highest BCUT2D eigenvalue weighted by atomic mass is 79.9. The van der Waals surface area contributed by atoms with Gasteiger partial charge in [-0.05, 0) is 42.0 Å². The Kier molecular flexibility index (Phi) is 4.81. The summed E-state index contributed by atoms with van der Waals surface area (Å²) in [6, 6.07) is 15.6. The molecule has 0 nitrogen and oxygen atoms in total. The summed E-state index contributed by atoms with van der Waals surface area (Å²) in [5, 5.41) is 0. The van der Waals surface area contributed by atoms with E-state index < -0.39 is 0 Å². The Morgan fingerprint density at radius 2 is 1.79 bits per heavy atom. The van der Waals surface area contributed by atoms with Gasteiger partial charge in [-0.15, -0.1) is 0 Å². The van der Waals surface area contributed by atoms with Crippen molar-refractivity contribution >= 4 is 15.9 Å². The van der Waals surface area contributed by atoms with Gasteiger partial charge in [0.25, 0.3) is 0 Å². The summed E-state index contributed by atoms with van der Waals surface area (Å²) in [6.07, 6.45) is 2.16. The van der Waals surface area contributed by atoms with E-state index >= 15 is 0 Å². The standard InChI is InChI=1S/C18H21Br/c1-4-14-9-10-15(5-2)17(12-14)18(19)16-8-6-7-13(3)11-16/h6-12,18H,4-5H2,1-3H3. The predicted molar refractivity (Wildman–Crippen MR) is 87.1 cm³/mol. The van der Waals surface area contributed by atoms with E-state index in [9.17, 15) is 0 Å². The Bertz CT molecular complexity index is 557. The maximum Gasteiger partial charge on any atom is 0.0647 e. The minimum absolute atomic E-state index is 0.286. The summed E-state index contributed by atoms with van der Waals surface area (Å²) < 4.78 is 0. The van der Waals surface area contributed by atoms with Gasteiger partial charge in [0.2, 0.25) is 0 Å². The molecule has 2 rings (SSSR count). The molecule has 0 radical (unpaired) electrons. The van der Waals surface area contributed by atoms with Crippen molar-refractivity contribution in [2.24, 2.45) is 0 Å². The Morgan fingerprint density at radius 1 is 1.00 bits per heavy atom. The van der Waals surface area contributed by atoms with E-state index in [-0.39, 0.29) is 4.83 Å². The van der Waals surface area contributed by atoms with Crippen LogP contribution in [-0.4, -0.2) is 0 Å². The highest BCUT2D eigenvalue weighted by molar-refractivity contribution is 9.09. The van der Waals surface area contributed by atoms with Crippen LogP contribution in [0.15, 0.2) is 42.5 Å². The van der Waals surface area contributed by atoms with Crippen LogP contribution in [0.4, 0.5) is 0 Å². The zero-order valence-corrected chi connectivity index (χ0v) is 13.5. The third-order valence-corrected chi connectivity index (χ3v) is 4.63. The summed E-state index contributed by atoms with van der Waals surface area (Å²) in [5.41, 5.74) is 6.90. The second-order valence-corrected chi connectivity index (χ2v) is 5.93. The van der Waals surface area contributed by atoms with E-state index in [4.69, 9.17) is 0 Å². The van der Waals surface area contributed by atoms with Crippen LogP contribution in [-0.2, 0) is 12.8 Å². The smallest absolute Gasteiger partial charge is 0.0647 e. The van der Waals surface area contributed by atoms with E-state index in [1.807, 2.05) is 0 Å². The van der Waals surface area contributed by atoms with Gasteiger partial charge in [-0.25, -0.2) is 0 Å². The molecule has 1 heteroatoms. The third kappa shape index (κ3) is 3.27. The molecule has 0 aliphatic rings. The van der Waals surface area contributed by atoms with Gasteiger partial charge in [0, 0.05) is 0 Å². The average Bonchev–Trinajstić information content (AvgIpc) is 2.45. The molecule has 0 heterocycles. The van der Waals surface area contributed by atoms with Crippen molar-refractivity contribution in [2.75, 3.05) is 0 Å². The molecule has 1 atom stereocenters. The van der Waals surface area contributed by atoms with Crippen LogP contribution in [0.1, 0.15) is 46.5 Å². The molecule has 1 unspecified atom stereocenters. The summed E-state index contributed by atoms with van der Waals surface area (Å²) in [4.78, 5) is 0.286. The van der Waals surface area contributed by atoms with Gasteiger partial charge in [-0.2, -0.15) is 0 Å². The van der Waals surface area contributed by atoms with Gasteiger partial charge < -0.3 is 0 Å². The van der Waals surface area contributed by atoms with Crippen LogP contribution < -0.4 is 0 Å². The summed E-state index contributed by atoms with van der Waals surface area (Å²) in [5.74, 6) is 0. The Morgan fingerprint density at radius 3 is 2.42 bits per heavy atom. The largest absolute Gasteiger partial charge is 0.0786 e. The molecule has 0 aliphatic carbocycles. The van der Waals surface area contributed by atoms with Gasteiger partial charge in [0.15, 0.2) is 0 Å². The normalized spacial score (nSPS) is 12.4. The summed E-state index contributed by atoms with van der Waals surface area (Å²) in [7, 11) is 0. The molecular formula is C18H21Br. The predicted octanol–water partition coefficient (Wildman–Crippen LogP) is 5.60. The highest BCUT2D eigenvalue weighted by Crippen LogP contribution is 2.34. The fourth-order valence-electron chi connectivity index (χ4n) is 2.43. The minimum atomic E-state index is 0.286. The van der Waals surface area contributed by atoms with Crippen LogP contribution in [0, 0.1) is 6.92 Å². The molecule has 2 aromatic rings. The van der Waals surface area contributed by atoms with Crippen LogP contribution in [0.25, 0.3) is 0 Å². The van der Waals surface area contributed by atoms with Crippen molar-refractivity contribution in [1.29, 1.82) is 0 Å².